The number of hydrogen-bond donors (Lipinski definition) is 1. The summed E-state index contributed by atoms with van der Waals surface area (Å²) in [5.74, 6) is 0.239. The van der Waals surface area contributed by atoms with Crippen LogP contribution in [0.5, 0.6) is 0 Å². The average molecular weight is 390 g/mol. The Hall–Kier alpha value is -3.39. The van der Waals surface area contributed by atoms with E-state index in [1.807, 2.05) is 63.2 Å². The molecule has 2 aromatic carbocycles. The lowest BCUT2D eigenvalue weighted by Crippen LogP contribution is -2.13. The largest absolute Gasteiger partial charge is 0.297 e. The molecule has 4 aromatic rings. The maximum Gasteiger partial charge on any atom is 0.257 e. The minimum atomic E-state index is -0.207. The minimum Gasteiger partial charge on any atom is -0.297 e. The molecule has 0 aliphatic heterocycles. The van der Waals surface area contributed by atoms with Gasteiger partial charge < -0.3 is 0 Å². The van der Waals surface area contributed by atoms with Gasteiger partial charge in [-0.1, -0.05) is 41.6 Å². The van der Waals surface area contributed by atoms with Gasteiger partial charge in [-0.05, 0) is 44.0 Å². The van der Waals surface area contributed by atoms with Gasteiger partial charge >= 0.3 is 0 Å². The van der Waals surface area contributed by atoms with E-state index in [4.69, 9.17) is 0 Å². The summed E-state index contributed by atoms with van der Waals surface area (Å²) < 4.78 is 6.12. The van der Waals surface area contributed by atoms with Crippen molar-refractivity contribution in [2.75, 3.05) is 5.32 Å². The molecule has 0 fully saturated rings. The summed E-state index contributed by atoms with van der Waals surface area (Å²) >= 11 is 1.12. The summed E-state index contributed by atoms with van der Waals surface area (Å²) in [5.41, 5.74) is 5.00. The van der Waals surface area contributed by atoms with Gasteiger partial charge in [-0.15, -0.1) is 5.10 Å². The Morgan fingerprint density at radius 3 is 2.46 bits per heavy atom. The van der Waals surface area contributed by atoms with E-state index in [9.17, 15) is 4.79 Å². The Morgan fingerprint density at radius 1 is 1.00 bits per heavy atom. The monoisotopic (exact) mass is 390 g/mol. The quantitative estimate of drug-likeness (QED) is 0.570. The van der Waals surface area contributed by atoms with Crippen LogP contribution in [0.2, 0.25) is 0 Å². The lowest BCUT2D eigenvalue weighted by Gasteiger charge is -2.06. The number of benzene rings is 2. The van der Waals surface area contributed by atoms with Gasteiger partial charge in [0.15, 0.2) is 11.5 Å². The average Bonchev–Trinajstić information content (AvgIpc) is 3.29. The number of aryl methyl sites for hydroxylation is 2. The number of hydrogen-bond acceptors (Lipinski definition) is 6. The van der Waals surface area contributed by atoms with Gasteiger partial charge in [-0.3, -0.25) is 10.1 Å². The van der Waals surface area contributed by atoms with E-state index >= 15 is 0 Å². The zero-order valence-electron chi connectivity index (χ0n) is 15.7. The van der Waals surface area contributed by atoms with Gasteiger partial charge in [-0.25, -0.2) is 4.68 Å². The topological polar surface area (TPSA) is 85.6 Å². The molecule has 28 heavy (non-hydrogen) atoms. The number of rotatable bonds is 4. The third kappa shape index (κ3) is 3.29. The highest BCUT2D eigenvalue weighted by Crippen LogP contribution is 2.25. The van der Waals surface area contributed by atoms with Gasteiger partial charge in [-0.2, -0.15) is 9.36 Å². The van der Waals surface area contributed by atoms with Crippen LogP contribution in [0, 0.1) is 20.8 Å². The fourth-order valence-corrected chi connectivity index (χ4v) is 3.49. The van der Waals surface area contributed by atoms with Crippen molar-refractivity contribution >= 4 is 22.6 Å². The fourth-order valence-electron chi connectivity index (χ4n) is 2.93. The van der Waals surface area contributed by atoms with Crippen LogP contribution >= 0.6 is 11.5 Å². The van der Waals surface area contributed by atoms with Gasteiger partial charge in [0, 0.05) is 17.1 Å². The van der Waals surface area contributed by atoms with Gasteiger partial charge in [0.05, 0.1) is 11.4 Å². The highest BCUT2D eigenvalue weighted by Gasteiger charge is 2.18. The first-order valence-corrected chi connectivity index (χ1v) is 9.51. The summed E-state index contributed by atoms with van der Waals surface area (Å²) in [6.07, 6.45) is 0. The van der Waals surface area contributed by atoms with E-state index in [1.54, 1.807) is 10.7 Å². The van der Waals surface area contributed by atoms with Crippen LogP contribution in [0.25, 0.3) is 17.2 Å². The molecule has 0 aliphatic carbocycles. The third-order valence-corrected chi connectivity index (χ3v) is 5.12. The van der Waals surface area contributed by atoms with Gasteiger partial charge in [0.1, 0.15) is 0 Å². The van der Waals surface area contributed by atoms with Crippen molar-refractivity contribution in [1.29, 1.82) is 0 Å². The van der Waals surface area contributed by atoms with Crippen LogP contribution in [0.1, 0.15) is 27.2 Å². The molecule has 140 valence electrons. The summed E-state index contributed by atoms with van der Waals surface area (Å²) in [7, 11) is 0. The predicted molar refractivity (Wildman–Crippen MR) is 109 cm³/mol. The van der Waals surface area contributed by atoms with Crippen molar-refractivity contribution in [3.63, 3.8) is 0 Å². The Kier molecular flexibility index (Phi) is 4.70. The third-order valence-electron chi connectivity index (χ3n) is 4.49. The molecule has 4 rings (SSSR count). The number of carbonyl (C=O) groups excluding carboxylic acids is 1. The molecule has 8 heteroatoms. The molecule has 0 atom stereocenters. The highest BCUT2D eigenvalue weighted by molar-refractivity contribution is 7.10. The fraction of sp³-hybridized carbons (Fsp3) is 0.150. The van der Waals surface area contributed by atoms with Crippen LogP contribution in [0.15, 0.2) is 48.5 Å². The molecule has 2 aromatic heterocycles. The molecular weight excluding hydrogens is 372 g/mol. The molecule has 0 saturated heterocycles. The number of anilines is 1. The lowest BCUT2D eigenvalue weighted by molar-refractivity contribution is 0.102. The van der Waals surface area contributed by atoms with Crippen LogP contribution in [0.4, 0.5) is 5.13 Å². The Bertz CT molecular complexity index is 1160. The van der Waals surface area contributed by atoms with E-state index in [-0.39, 0.29) is 5.91 Å². The van der Waals surface area contributed by atoms with Crippen LogP contribution < -0.4 is 5.32 Å². The molecule has 0 bridgehead atoms. The SMILES string of the molecule is Cc1ccccc1C(=O)Nc1nc(-c2nnn(-c3ccccc3C)c2C)ns1. The first-order valence-electron chi connectivity index (χ1n) is 8.74. The van der Waals surface area contributed by atoms with E-state index in [0.717, 1.165) is 34.0 Å². The summed E-state index contributed by atoms with van der Waals surface area (Å²) in [5, 5.41) is 11.7. The molecule has 1 amide bonds. The van der Waals surface area contributed by atoms with Crippen molar-refractivity contribution in [2.45, 2.75) is 20.8 Å². The molecule has 1 N–H and O–H groups in total. The van der Waals surface area contributed by atoms with Crippen molar-refractivity contribution in [2.24, 2.45) is 0 Å². The first kappa shape index (κ1) is 18.0. The molecule has 2 heterocycles. The van der Waals surface area contributed by atoms with Crippen LogP contribution in [0.3, 0.4) is 0 Å². The van der Waals surface area contributed by atoms with Gasteiger partial charge in [0.2, 0.25) is 5.13 Å². The summed E-state index contributed by atoms with van der Waals surface area (Å²) in [6, 6.07) is 15.4. The van der Waals surface area contributed by atoms with E-state index < -0.39 is 0 Å². The molecular formula is C20H18N6OS. The van der Waals surface area contributed by atoms with E-state index in [0.29, 0.717) is 22.2 Å². The summed E-state index contributed by atoms with van der Waals surface area (Å²) in [4.78, 5) is 16.9. The van der Waals surface area contributed by atoms with E-state index in [2.05, 4.69) is 25.0 Å². The van der Waals surface area contributed by atoms with Crippen LogP contribution in [-0.2, 0) is 0 Å². The second-order valence-corrected chi connectivity index (χ2v) is 7.17. The molecule has 0 radical (unpaired) electrons. The number of nitrogens with zero attached hydrogens (tertiary/aromatic N) is 5. The highest BCUT2D eigenvalue weighted by atomic mass is 32.1. The zero-order chi connectivity index (χ0) is 19.7. The molecule has 0 unspecified atom stereocenters. The first-order chi connectivity index (χ1) is 13.5. The zero-order valence-corrected chi connectivity index (χ0v) is 16.5. The maximum absolute atomic E-state index is 12.5. The van der Waals surface area contributed by atoms with Crippen molar-refractivity contribution in [1.82, 2.24) is 24.4 Å². The van der Waals surface area contributed by atoms with E-state index in [1.165, 1.54) is 0 Å². The van der Waals surface area contributed by atoms with Gasteiger partial charge in [0.25, 0.3) is 5.91 Å². The van der Waals surface area contributed by atoms with Crippen molar-refractivity contribution in [3.8, 4) is 17.2 Å². The predicted octanol–water partition coefficient (Wildman–Crippen LogP) is 3.96. The molecule has 0 aliphatic rings. The summed E-state index contributed by atoms with van der Waals surface area (Å²) in [6.45, 7) is 5.85. The van der Waals surface area contributed by atoms with Crippen LogP contribution in [-0.4, -0.2) is 30.3 Å². The second kappa shape index (κ2) is 7.32. The smallest absolute Gasteiger partial charge is 0.257 e. The minimum absolute atomic E-state index is 0.207. The van der Waals surface area contributed by atoms with Crippen molar-refractivity contribution in [3.05, 3.63) is 70.9 Å². The maximum atomic E-state index is 12.5. The number of aromatic nitrogens is 5. The van der Waals surface area contributed by atoms with Crippen molar-refractivity contribution < 1.29 is 4.79 Å². The molecule has 0 saturated carbocycles. The number of nitrogens with one attached hydrogen (secondary N) is 1. The standard InChI is InChI=1S/C20H18N6OS/c1-12-8-4-6-10-15(12)19(27)22-20-21-18(24-28-20)17-14(3)26(25-23-17)16-11-7-5-9-13(16)2/h4-11H,1-3H3,(H,21,22,24,27). The number of carbonyl (C=O) groups is 1. The number of amides is 1. The lowest BCUT2D eigenvalue weighted by atomic mass is 10.1. The Labute approximate surface area is 166 Å². The molecule has 0 spiro atoms. The number of para-hydroxylation sites is 1. The Balaban J connectivity index is 1.60. The second-order valence-electron chi connectivity index (χ2n) is 6.41. The Morgan fingerprint density at radius 2 is 1.71 bits per heavy atom. The normalized spacial score (nSPS) is 10.8. The molecule has 7 nitrogen and oxygen atoms in total.